The number of aliphatic hydroxyl groups excluding tert-OH is 1. The molecule has 0 aromatic carbocycles. The average molecular weight is 203 g/mol. The Bertz CT molecular complexity index is 448. The van der Waals surface area contributed by atoms with E-state index in [1.807, 2.05) is 26.0 Å². The molecule has 15 heavy (non-hydrogen) atoms. The van der Waals surface area contributed by atoms with Gasteiger partial charge in [0, 0.05) is 23.5 Å². The van der Waals surface area contributed by atoms with Crippen LogP contribution in [0.1, 0.15) is 28.8 Å². The third kappa shape index (κ3) is 1.92. The van der Waals surface area contributed by atoms with Crippen LogP contribution in [0.3, 0.4) is 0 Å². The van der Waals surface area contributed by atoms with Gasteiger partial charge < -0.3 is 9.52 Å². The van der Waals surface area contributed by atoms with Crippen LogP contribution in [0.25, 0.3) is 0 Å². The van der Waals surface area contributed by atoms with Gasteiger partial charge in [-0.3, -0.25) is 4.98 Å². The fraction of sp³-hybridized carbons (Fsp3) is 0.250. The summed E-state index contributed by atoms with van der Waals surface area (Å²) in [5, 5.41) is 10.1. The van der Waals surface area contributed by atoms with Crippen molar-refractivity contribution in [3.8, 4) is 0 Å². The first-order chi connectivity index (χ1) is 7.18. The van der Waals surface area contributed by atoms with Crippen LogP contribution >= 0.6 is 0 Å². The van der Waals surface area contributed by atoms with Gasteiger partial charge in [-0.15, -0.1) is 0 Å². The van der Waals surface area contributed by atoms with Crippen LogP contribution in [0.4, 0.5) is 0 Å². The maximum atomic E-state index is 10.1. The Kier molecular flexibility index (Phi) is 2.56. The number of nitrogens with zero attached hydrogens (tertiary/aromatic N) is 1. The van der Waals surface area contributed by atoms with Gasteiger partial charge in [-0.2, -0.15) is 0 Å². The Balaban J connectivity index is 2.36. The van der Waals surface area contributed by atoms with E-state index in [4.69, 9.17) is 4.42 Å². The predicted molar refractivity (Wildman–Crippen MR) is 56.5 cm³/mol. The van der Waals surface area contributed by atoms with E-state index in [1.165, 1.54) is 0 Å². The van der Waals surface area contributed by atoms with Crippen LogP contribution in [0.2, 0.25) is 0 Å². The highest BCUT2D eigenvalue weighted by atomic mass is 16.3. The lowest BCUT2D eigenvalue weighted by atomic mass is 10.0. The first-order valence-corrected chi connectivity index (χ1v) is 4.83. The van der Waals surface area contributed by atoms with Crippen LogP contribution in [0.15, 0.2) is 35.0 Å². The highest BCUT2D eigenvalue weighted by molar-refractivity contribution is 5.30. The normalized spacial score (nSPS) is 12.7. The molecule has 78 valence electrons. The van der Waals surface area contributed by atoms with Crippen LogP contribution in [-0.2, 0) is 0 Å². The van der Waals surface area contributed by atoms with Crippen molar-refractivity contribution in [2.24, 2.45) is 0 Å². The van der Waals surface area contributed by atoms with E-state index < -0.39 is 6.10 Å². The number of pyridine rings is 1. The molecule has 1 N–H and O–H groups in total. The largest absolute Gasteiger partial charge is 0.466 e. The summed E-state index contributed by atoms with van der Waals surface area (Å²) < 4.78 is 5.38. The van der Waals surface area contributed by atoms with E-state index in [2.05, 4.69) is 4.98 Å². The first kappa shape index (κ1) is 9.93. The quantitative estimate of drug-likeness (QED) is 0.815. The Morgan fingerprint density at radius 3 is 2.73 bits per heavy atom. The molecule has 0 spiro atoms. The molecule has 0 aliphatic heterocycles. The minimum Gasteiger partial charge on any atom is -0.466 e. The minimum absolute atomic E-state index is 0.656. The lowest BCUT2D eigenvalue weighted by Gasteiger charge is -2.08. The molecule has 0 aliphatic rings. The number of hydrogen-bond donors (Lipinski definition) is 1. The predicted octanol–water partition coefficient (Wildman–Crippen LogP) is 2.37. The van der Waals surface area contributed by atoms with Crippen LogP contribution in [0.5, 0.6) is 0 Å². The van der Waals surface area contributed by atoms with Gasteiger partial charge in [0.2, 0.25) is 0 Å². The van der Waals surface area contributed by atoms with Gasteiger partial charge >= 0.3 is 0 Å². The molecule has 0 radical (unpaired) electrons. The molecule has 2 heterocycles. The summed E-state index contributed by atoms with van der Waals surface area (Å²) >= 11 is 0. The van der Waals surface area contributed by atoms with Crippen molar-refractivity contribution in [1.82, 2.24) is 4.98 Å². The molecule has 3 nitrogen and oxygen atoms in total. The summed E-state index contributed by atoms with van der Waals surface area (Å²) in [4.78, 5) is 3.98. The molecule has 0 saturated carbocycles. The monoisotopic (exact) mass is 203 g/mol. The molecule has 0 saturated heterocycles. The zero-order valence-corrected chi connectivity index (χ0v) is 8.77. The van der Waals surface area contributed by atoms with Gasteiger partial charge in [0.05, 0.1) is 0 Å². The summed E-state index contributed by atoms with van der Waals surface area (Å²) in [6.45, 7) is 3.72. The number of aromatic nitrogens is 1. The first-order valence-electron chi connectivity index (χ1n) is 4.83. The molecule has 2 rings (SSSR count). The third-order valence-electron chi connectivity index (χ3n) is 2.37. The summed E-state index contributed by atoms with van der Waals surface area (Å²) in [7, 11) is 0. The number of rotatable bonds is 2. The zero-order valence-electron chi connectivity index (χ0n) is 8.77. The maximum absolute atomic E-state index is 10.1. The van der Waals surface area contributed by atoms with Gasteiger partial charge in [-0.05, 0) is 26.0 Å². The van der Waals surface area contributed by atoms with Gasteiger partial charge in [0.15, 0.2) is 0 Å². The van der Waals surface area contributed by atoms with E-state index in [1.54, 1.807) is 18.5 Å². The second-order valence-electron chi connectivity index (χ2n) is 3.56. The smallest absolute Gasteiger partial charge is 0.109 e. The SMILES string of the molecule is Cc1cc(C(O)c2cccnc2)c(C)o1. The van der Waals surface area contributed by atoms with E-state index in [9.17, 15) is 5.11 Å². The second kappa shape index (κ2) is 3.87. The molecule has 1 atom stereocenters. The van der Waals surface area contributed by atoms with Crippen LogP contribution in [-0.4, -0.2) is 10.1 Å². The molecule has 0 fully saturated rings. The van der Waals surface area contributed by atoms with E-state index in [0.29, 0.717) is 0 Å². The maximum Gasteiger partial charge on any atom is 0.109 e. The average Bonchev–Trinajstić information content (AvgIpc) is 2.58. The van der Waals surface area contributed by atoms with Crippen molar-refractivity contribution in [3.05, 3.63) is 53.2 Å². The highest BCUT2D eigenvalue weighted by Crippen LogP contribution is 2.26. The molecular weight excluding hydrogens is 190 g/mol. The summed E-state index contributed by atoms with van der Waals surface area (Å²) in [5.74, 6) is 1.56. The fourth-order valence-electron chi connectivity index (χ4n) is 1.64. The topological polar surface area (TPSA) is 46.3 Å². The van der Waals surface area contributed by atoms with E-state index in [-0.39, 0.29) is 0 Å². The number of furan rings is 1. The van der Waals surface area contributed by atoms with Gasteiger partial charge in [0.25, 0.3) is 0 Å². The van der Waals surface area contributed by atoms with Crippen molar-refractivity contribution in [1.29, 1.82) is 0 Å². The number of aryl methyl sites for hydroxylation is 2. The van der Waals surface area contributed by atoms with Gasteiger partial charge in [-0.1, -0.05) is 6.07 Å². The van der Waals surface area contributed by atoms with Gasteiger partial charge in [-0.25, -0.2) is 0 Å². The molecule has 1 unspecified atom stereocenters. The molecule has 2 aromatic heterocycles. The lowest BCUT2D eigenvalue weighted by Crippen LogP contribution is -1.99. The molecule has 2 aromatic rings. The Morgan fingerprint density at radius 2 is 2.20 bits per heavy atom. The Hall–Kier alpha value is -1.61. The van der Waals surface area contributed by atoms with E-state index >= 15 is 0 Å². The molecule has 0 aliphatic carbocycles. The van der Waals surface area contributed by atoms with Crippen molar-refractivity contribution >= 4 is 0 Å². The second-order valence-corrected chi connectivity index (χ2v) is 3.56. The number of hydrogen-bond acceptors (Lipinski definition) is 3. The number of aliphatic hydroxyl groups is 1. The molecule has 0 bridgehead atoms. The Morgan fingerprint density at radius 1 is 1.40 bits per heavy atom. The minimum atomic E-state index is -0.656. The van der Waals surface area contributed by atoms with Crippen LogP contribution in [0, 0.1) is 13.8 Å². The lowest BCUT2D eigenvalue weighted by molar-refractivity contribution is 0.217. The Labute approximate surface area is 88.4 Å². The van der Waals surface area contributed by atoms with Crippen molar-refractivity contribution in [3.63, 3.8) is 0 Å². The van der Waals surface area contributed by atoms with Crippen LogP contribution < -0.4 is 0 Å². The summed E-state index contributed by atoms with van der Waals surface area (Å²) in [5.41, 5.74) is 1.59. The zero-order chi connectivity index (χ0) is 10.8. The molecule has 0 amide bonds. The van der Waals surface area contributed by atoms with Gasteiger partial charge in [0.1, 0.15) is 17.6 Å². The summed E-state index contributed by atoms with van der Waals surface area (Å²) in [6.07, 6.45) is 2.69. The van der Waals surface area contributed by atoms with Crippen molar-refractivity contribution in [2.45, 2.75) is 20.0 Å². The standard InChI is InChI=1S/C12H13NO2/c1-8-6-11(9(2)15-8)12(14)10-4-3-5-13-7-10/h3-7,12,14H,1-2H3. The van der Waals surface area contributed by atoms with E-state index in [0.717, 1.165) is 22.6 Å². The molecule has 3 heteroatoms. The van der Waals surface area contributed by atoms with Crippen molar-refractivity contribution < 1.29 is 9.52 Å². The molecular formula is C12H13NO2. The third-order valence-corrected chi connectivity index (χ3v) is 2.37. The van der Waals surface area contributed by atoms with Crippen molar-refractivity contribution in [2.75, 3.05) is 0 Å². The fourth-order valence-corrected chi connectivity index (χ4v) is 1.64. The highest BCUT2D eigenvalue weighted by Gasteiger charge is 2.16. The summed E-state index contributed by atoms with van der Waals surface area (Å²) in [6, 6.07) is 5.51.